The van der Waals surface area contributed by atoms with Gasteiger partial charge in [0.1, 0.15) is 0 Å². The van der Waals surface area contributed by atoms with Crippen LogP contribution in [0.25, 0.3) is 0 Å². The van der Waals surface area contributed by atoms with Crippen molar-refractivity contribution in [2.75, 3.05) is 0 Å². The highest BCUT2D eigenvalue weighted by Gasteiger charge is 2.40. The summed E-state index contributed by atoms with van der Waals surface area (Å²) in [5.41, 5.74) is 0.236. The fourth-order valence-electron chi connectivity index (χ4n) is 2.81. The molecule has 1 fully saturated rings. The Morgan fingerprint density at radius 2 is 1.76 bits per heavy atom. The first kappa shape index (κ1) is 17.9. The van der Waals surface area contributed by atoms with Gasteiger partial charge in [-0.25, -0.2) is 0 Å². The van der Waals surface area contributed by atoms with Gasteiger partial charge in [-0.3, -0.25) is 9.59 Å². The van der Waals surface area contributed by atoms with Crippen molar-refractivity contribution in [3.63, 3.8) is 0 Å². The van der Waals surface area contributed by atoms with Gasteiger partial charge < -0.3 is 10.2 Å². The Morgan fingerprint density at radius 3 is 2.19 bits per heavy atom. The first-order chi connectivity index (χ1) is 9.70. The third-order valence-corrected chi connectivity index (χ3v) is 5.54. The molecule has 120 valence electrons. The zero-order valence-electron chi connectivity index (χ0n) is 12.5. The van der Waals surface area contributed by atoms with Crippen LogP contribution in [0.5, 0.6) is 0 Å². The van der Waals surface area contributed by atoms with Gasteiger partial charge in [0.25, 0.3) is 0 Å². The number of aliphatic carboxylic acids is 2. The van der Waals surface area contributed by atoms with Crippen LogP contribution < -0.4 is 0 Å². The molecule has 0 aromatic carbocycles. The van der Waals surface area contributed by atoms with Crippen molar-refractivity contribution in [1.29, 1.82) is 0 Å². The molecule has 1 aliphatic carbocycles. The highest BCUT2D eigenvalue weighted by molar-refractivity contribution is 7.99. The van der Waals surface area contributed by atoms with E-state index in [-0.39, 0.29) is 23.0 Å². The Kier molecular flexibility index (Phi) is 6.19. The van der Waals surface area contributed by atoms with E-state index in [0.717, 1.165) is 37.6 Å². The van der Waals surface area contributed by atoms with Crippen molar-refractivity contribution in [3.05, 3.63) is 4.91 Å². The summed E-state index contributed by atoms with van der Waals surface area (Å²) in [7, 11) is 0. The van der Waals surface area contributed by atoms with Crippen LogP contribution in [0.1, 0.15) is 58.8 Å². The summed E-state index contributed by atoms with van der Waals surface area (Å²) in [5, 5.41) is 17.9. The van der Waals surface area contributed by atoms with Crippen molar-refractivity contribution < 1.29 is 19.8 Å². The maximum atomic E-state index is 11.1. The van der Waals surface area contributed by atoms with Gasteiger partial charge in [0, 0.05) is 21.3 Å². The zero-order chi connectivity index (χ0) is 16.1. The second kappa shape index (κ2) is 7.24. The molecule has 1 atom stereocenters. The average Bonchev–Trinajstić information content (AvgIpc) is 2.38. The molecule has 1 rings (SSSR count). The van der Waals surface area contributed by atoms with E-state index in [1.807, 2.05) is 0 Å². The Hall–Kier alpha value is -1.11. The van der Waals surface area contributed by atoms with Crippen LogP contribution in [0.3, 0.4) is 0 Å². The van der Waals surface area contributed by atoms with Gasteiger partial charge in [-0.1, -0.05) is 13.8 Å². The van der Waals surface area contributed by atoms with Crippen LogP contribution in [0.2, 0.25) is 0 Å². The summed E-state index contributed by atoms with van der Waals surface area (Å²) in [6.07, 6.45) is 3.97. The van der Waals surface area contributed by atoms with Crippen molar-refractivity contribution in [1.82, 2.24) is 0 Å². The lowest BCUT2D eigenvalue weighted by atomic mass is 9.71. The average molecular weight is 317 g/mol. The lowest BCUT2D eigenvalue weighted by Crippen LogP contribution is -2.35. The number of carboxylic acid groups (broad SMARTS) is 2. The molecule has 7 heteroatoms. The molecule has 21 heavy (non-hydrogen) atoms. The molecule has 0 radical (unpaired) electrons. The molecular weight excluding hydrogens is 294 g/mol. The number of rotatable bonds is 8. The number of hydrogen-bond donors (Lipinski definition) is 2. The van der Waals surface area contributed by atoms with E-state index in [9.17, 15) is 14.5 Å². The molecule has 0 heterocycles. The number of carbonyl (C=O) groups is 2. The molecule has 1 unspecified atom stereocenters. The molecule has 0 aliphatic heterocycles. The van der Waals surface area contributed by atoms with Crippen LogP contribution >= 0.6 is 11.9 Å². The molecule has 0 saturated heterocycles. The first-order valence-electron chi connectivity index (χ1n) is 7.15. The van der Waals surface area contributed by atoms with E-state index < -0.39 is 17.9 Å². The predicted molar refractivity (Wildman–Crippen MR) is 81.0 cm³/mol. The SMILES string of the molecule is CC1(C)CCC(CCC(CC(=O)O)C(=O)O)(SN=O)CC1. The quantitative estimate of drug-likeness (QED) is 0.522. The van der Waals surface area contributed by atoms with Crippen LogP contribution in [-0.2, 0) is 9.59 Å². The third-order valence-electron chi connectivity index (χ3n) is 4.46. The number of hydrogen-bond acceptors (Lipinski definition) is 5. The van der Waals surface area contributed by atoms with Crippen molar-refractivity contribution in [3.8, 4) is 0 Å². The molecular formula is C14H23NO5S. The molecule has 1 aliphatic rings. The molecule has 0 bridgehead atoms. The topological polar surface area (TPSA) is 104 Å². The van der Waals surface area contributed by atoms with Crippen molar-refractivity contribution in [2.45, 2.75) is 63.5 Å². The Balaban J connectivity index is 2.68. The zero-order valence-corrected chi connectivity index (χ0v) is 13.3. The van der Waals surface area contributed by atoms with E-state index in [1.54, 1.807) is 0 Å². The maximum Gasteiger partial charge on any atom is 0.307 e. The molecule has 1 saturated carbocycles. The number of nitrogens with zero attached hydrogens (tertiary/aromatic N) is 1. The molecule has 0 amide bonds. The smallest absolute Gasteiger partial charge is 0.307 e. The first-order valence-corrected chi connectivity index (χ1v) is 7.92. The summed E-state index contributed by atoms with van der Waals surface area (Å²) in [6.45, 7) is 4.36. The minimum Gasteiger partial charge on any atom is -0.481 e. The fraction of sp³-hybridized carbons (Fsp3) is 0.857. The van der Waals surface area contributed by atoms with E-state index in [0.29, 0.717) is 6.42 Å². The standard InChI is InChI=1S/C14H23NO5S/c1-13(2)5-7-14(8-6-13,21-15-20)4-3-10(12(18)19)9-11(16)17/h10H,3-9H2,1-2H3,(H,16,17)(H,18,19). The Morgan fingerprint density at radius 1 is 1.19 bits per heavy atom. The third kappa shape index (κ3) is 5.65. The van der Waals surface area contributed by atoms with Crippen LogP contribution in [0, 0.1) is 16.2 Å². The van der Waals surface area contributed by atoms with Gasteiger partial charge in [0.2, 0.25) is 0 Å². The molecule has 0 spiro atoms. The fourth-order valence-corrected chi connectivity index (χ4v) is 3.56. The second-order valence-electron chi connectivity index (χ2n) is 6.68. The van der Waals surface area contributed by atoms with Gasteiger partial charge in [-0.15, -0.1) is 4.91 Å². The Labute approximate surface area is 128 Å². The van der Waals surface area contributed by atoms with Gasteiger partial charge in [0.15, 0.2) is 0 Å². The van der Waals surface area contributed by atoms with Crippen LogP contribution in [0.4, 0.5) is 0 Å². The number of nitroso groups, excluding NO2 is 1. The molecule has 0 aromatic rings. The normalized spacial score (nSPS) is 21.4. The summed E-state index contributed by atoms with van der Waals surface area (Å²) in [4.78, 5) is 32.5. The molecule has 6 nitrogen and oxygen atoms in total. The van der Waals surface area contributed by atoms with E-state index in [4.69, 9.17) is 10.2 Å². The summed E-state index contributed by atoms with van der Waals surface area (Å²) < 4.78 is 2.64. The maximum absolute atomic E-state index is 11.1. The van der Waals surface area contributed by atoms with E-state index in [1.165, 1.54) is 0 Å². The van der Waals surface area contributed by atoms with Gasteiger partial charge in [0.05, 0.1) is 12.3 Å². The Bertz CT molecular complexity index is 400. The number of carboxylic acids is 2. The molecule has 0 aromatic heterocycles. The summed E-state index contributed by atoms with van der Waals surface area (Å²) >= 11 is 1.00. The lowest BCUT2D eigenvalue weighted by molar-refractivity contribution is -0.148. The van der Waals surface area contributed by atoms with Crippen LogP contribution in [0.15, 0.2) is 4.58 Å². The monoisotopic (exact) mass is 317 g/mol. The predicted octanol–water partition coefficient (Wildman–Crippen LogP) is 3.70. The second-order valence-corrected chi connectivity index (χ2v) is 7.88. The summed E-state index contributed by atoms with van der Waals surface area (Å²) in [6, 6.07) is 0. The van der Waals surface area contributed by atoms with E-state index in [2.05, 4.69) is 18.4 Å². The van der Waals surface area contributed by atoms with Gasteiger partial charge in [-0.05, 0) is 43.9 Å². The largest absolute Gasteiger partial charge is 0.481 e. The van der Waals surface area contributed by atoms with E-state index >= 15 is 0 Å². The van der Waals surface area contributed by atoms with Crippen molar-refractivity contribution in [2.24, 2.45) is 15.9 Å². The van der Waals surface area contributed by atoms with Gasteiger partial charge >= 0.3 is 11.9 Å². The van der Waals surface area contributed by atoms with Gasteiger partial charge in [-0.2, -0.15) is 0 Å². The van der Waals surface area contributed by atoms with Crippen LogP contribution in [-0.4, -0.2) is 26.9 Å². The lowest BCUT2D eigenvalue weighted by Gasteiger charge is -2.41. The highest BCUT2D eigenvalue weighted by Crippen LogP contribution is 2.50. The minimum absolute atomic E-state index is 0.236. The van der Waals surface area contributed by atoms with Crippen molar-refractivity contribution >= 4 is 23.9 Å². The summed E-state index contributed by atoms with van der Waals surface area (Å²) in [5.74, 6) is -3.10. The highest BCUT2D eigenvalue weighted by atomic mass is 32.2. The minimum atomic E-state index is -1.11. The molecule has 2 N–H and O–H groups in total.